The first-order chi connectivity index (χ1) is 34.9. The summed E-state index contributed by atoms with van der Waals surface area (Å²) in [6, 6.07) is 74.5. The molecule has 0 saturated heterocycles. The number of fused-ring (bicyclic) bond motifs is 7. The van der Waals surface area contributed by atoms with Crippen LogP contribution in [0.4, 0.5) is 34.1 Å². The van der Waals surface area contributed by atoms with Crippen molar-refractivity contribution in [2.75, 3.05) is 9.80 Å². The Labute approximate surface area is 435 Å². The topological polar surface area (TPSA) is 15.7 Å². The van der Waals surface area contributed by atoms with E-state index < -0.39 is 8.07 Å². The van der Waals surface area contributed by atoms with Gasteiger partial charge in [-0.15, -0.1) is 0 Å². The van der Waals surface area contributed by atoms with Crippen molar-refractivity contribution in [3.8, 4) is 22.6 Å². The highest BCUT2D eigenvalue weighted by atomic mass is 28.3. The van der Waals surface area contributed by atoms with Gasteiger partial charge in [-0.2, -0.15) is 0 Å². The molecule has 0 bridgehead atoms. The van der Waals surface area contributed by atoms with Crippen molar-refractivity contribution in [1.82, 2.24) is 0 Å². The van der Waals surface area contributed by atoms with Gasteiger partial charge in [-0.25, -0.2) is 0 Å². The van der Waals surface area contributed by atoms with Crippen LogP contribution in [0.3, 0.4) is 0 Å². The standard InChI is InChI=1S/C68H65BN2OSi/c1-44-26-36-58(45(2)38-44)70(49-32-27-46(28-33-49)66(3,4)5)51-40-60-65-62(41-51)72-61-37-31-48(68(9,10)11)39-57(61)69(65)56-42-55-54-24-18-19-25-63(54)73(52-20-14-12-15-21-52,53-22-16-13-17-23-53)64(55)43-59(56)71(60)50-34-29-47(30-35-50)67(6,7)8/h12-43H,1-11H3. The molecule has 0 unspecified atom stereocenters. The molecule has 0 radical (unpaired) electrons. The predicted molar refractivity (Wildman–Crippen MR) is 315 cm³/mol. The van der Waals surface area contributed by atoms with E-state index in [4.69, 9.17) is 4.74 Å². The molecule has 0 spiro atoms. The molecule has 3 heterocycles. The molecule has 9 aromatic rings. The highest BCUT2D eigenvalue weighted by molar-refractivity contribution is 7.22. The zero-order valence-electron chi connectivity index (χ0n) is 44.4. The lowest BCUT2D eigenvalue weighted by Gasteiger charge is -2.42. The summed E-state index contributed by atoms with van der Waals surface area (Å²) in [5, 5.41) is 5.65. The lowest BCUT2D eigenvalue weighted by Crippen LogP contribution is -2.73. The minimum atomic E-state index is -2.88. The zero-order valence-corrected chi connectivity index (χ0v) is 45.4. The normalized spacial score (nSPS) is 14.1. The molecule has 0 N–H and O–H groups in total. The second-order valence-corrected chi connectivity index (χ2v) is 27.7. The van der Waals surface area contributed by atoms with Crippen molar-refractivity contribution in [2.45, 2.75) is 92.4 Å². The van der Waals surface area contributed by atoms with Gasteiger partial charge in [0.1, 0.15) is 11.5 Å². The van der Waals surface area contributed by atoms with Crippen molar-refractivity contribution in [1.29, 1.82) is 0 Å². The van der Waals surface area contributed by atoms with Gasteiger partial charge in [0, 0.05) is 34.5 Å². The first-order valence-electron chi connectivity index (χ1n) is 26.2. The molecule has 0 fully saturated rings. The molecule has 3 nitrogen and oxygen atoms in total. The SMILES string of the molecule is Cc1ccc(N(c2ccc(C(C)(C)C)cc2)c2cc3c4c(c2)N(c2ccc(C(C)(C)C)cc2)c2cc5c(cc2B4c2cc(C(C)(C)C)ccc2O3)-c2ccccc2[Si]5(c2ccccc2)c2ccccc2)c(C)c1. The maximum absolute atomic E-state index is 7.38. The minimum absolute atomic E-state index is 0.0110. The number of anilines is 6. The van der Waals surface area contributed by atoms with E-state index in [-0.39, 0.29) is 23.0 Å². The van der Waals surface area contributed by atoms with Gasteiger partial charge in [0.25, 0.3) is 6.71 Å². The summed E-state index contributed by atoms with van der Waals surface area (Å²) in [5.41, 5.74) is 19.4. The van der Waals surface area contributed by atoms with E-state index in [1.165, 1.54) is 81.8 Å². The molecular formula is C68H65BN2OSi. The van der Waals surface area contributed by atoms with Crippen LogP contribution in [0.15, 0.2) is 194 Å². The summed E-state index contributed by atoms with van der Waals surface area (Å²) < 4.78 is 7.38. The van der Waals surface area contributed by atoms with Crippen LogP contribution in [0.25, 0.3) is 11.1 Å². The van der Waals surface area contributed by atoms with E-state index in [9.17, 15) is 0 Å². The summed E-state index contributed by atoms with van der Waals surface area (Å²) in [4.78, 5) is 5.04. The number of ether oxygens (including phenoxy) is 1. The molecule has 0 saturated carbocycles. The minimum Gasteiger partial charge on any atom is -0.458 e. The van der Waals surface area contributed by atoms with Crippen molar-refractivity contribution in [3.63, 3.8) is 0 Å². The second kappa shape index (κ2) is 16.9. The molecule has 73 heavy (non-hydrogen) atoms. The average Bonchev–Trinajstić information content (AvgIpc) is 3.66. The van der Waals surface area contributed by atoms with E-state index in [2.05, 4.69) is 280 Å². The third-order valence-corrected chi connectivity index (χ3v) is 20.9. The van der Waals surface area contributed by atoms with Crippen LogP contribution in [0.5, 0.6) is 11.5 Å². The van der Waals surface area contributed by atoms with Crippen LogP contribution in [-0.4, -0.2) is 14.8 Å². The van der Waals surface area contributed by atoms with Crippen molar-refractivity contribution in [3.05, 3.63) is 222 Å². The Balaban J connectivity index is 1.21. The zero-order chi connectivity index (χ0) is 50.8. The van der Waals surface area contributed by atoms with Gasteiger partial charge >= 0.3 is 0 Å². The fourth-order valence-electron chi connectivity index (χ4n) is 12.2. The molecule has 0 aromatic heterocycles. The molecule has 12 rings (SSSR count). The van der Waals surface area contributed by atoms with Crippen LogP contribution in [0, 0.1) is 13.8 Å². The molecule has 0 aliphatic carbocycles. The monoisotopic (exact) mass is 964 g/mol. The Hall–Kier alpha value is -7.34. The Kier molecular flexibility index (Phi) is 10.8. The summed E-state index contributed by atoms with van der Waals surface area (Å²) in [6.07, 6.45) is 0. The number of hydrogen-bond acceptors (Lipinski definition) is 3. The lowest BCUT2D eigenvalue weighted by molar-refractivity contribution is 0.486. The fourth-order valence-corrected chi connectivity index (χ4v) is 17.4. The van der Waals surface area contributed by atoms with E-state index >= 15 is 0 Å². The summed E-state index contributed by atoms with van der Waals surface area (Å²) in [5.74, 6) is 1.79. The van der Waals surface area contributed by atoms with Gasteiger partial charge in [0.15, 0.2) is 8.07 Å². The maximum atomic E-state index is 7.38. The van der Waals surface area contributed by atoms with Gasteiger partial charge in [-0.3, -0.25) is 0 Å². The van der Waals surface area contributed by atoms with Crippen LogP contribution in [0.1, 0.15) is 90.1 Å². The van der Waals surface area contributed by atoms with Crippen LogP contribution in [0.2, 0.25) is 0 Å². The molecule has 360 valence electrons. The van der Waals surface area contributed by atoms with E-state index in [1.54, 1.807) is 0 Å². The van der Waals surface area contributed by atoms with E-state index in [0.29, 0.717) is 0 Å². The number of nitrogens with zero attached hydrogens (tertiary/aromatic N) is 2. The van der Waals surface area contributed by atoms with Crippen LogP contribution < -0.4 is 51.7 Å². The molecular weight excluding hydrogens is 900 g/mol. The summed E-state index contributed by atoms with van der Waals surface area (Å²) in [7, 11) is -2.88. The Bertz CT molecular complexity index is 3580. The second-order valence-electron chi connectivity index (χ2n) is 24.0. The Morgan fingerprint density at radius 2 is 1.04 bits per heavy atom. The molecule has 3 aliphatic rings. The van der Waals surface area contributed by atoms with Gasteiger partial charge in [0.05, 0.1) is 5.69 Å². The number of aryl methyl sites for hydroxylation is 2. The summed E-state index contributed by atoms with van der Waals surface area (Å²) in [6.45, 7) is 25.0. The number of benzene rings is 9. The van der Waals surface area contributed by atoms with E-state index in [0.717, 1.165) is 39.9 Å². The lowest BCUT2D eigenvalue weighted by atomic mass is 9.34. The Morgan fingerprint density at radius 3 is 1.66 bits per heavy atom. The third-order valence-electron chi connectivity index (χ3n) is 16.0. The highest BCUT2D eigenvalue weighted by Crippen LogP contribution is 2.48. The number of hydrogen-bond donors (Lipinski definition) is 0. The largest absolute Gasteiger partial charge is 0.458 e. The average molecular weight is 965 g/mol. The highest BCUT2D eigenvalue weighted by Gasteiger charge is 2.51. The van der Waals surface area contributed by atoms with Crippen LogP contribution >= 0.6 is 0 Å². The smallest absolute Gasteiger partial charge is 0.256 e. The van der Waals surface area contributed by atoms with Crippen molar-refractivity contribution >= 4 is 86.0 Å². The third kappa shape index (κ3) is 7.53. The number of rotatable bonds is 6. The van der Waals surface area contributed by atoms with Gasteiger partial charge < -0.3 is 14.5 Å². The quantitative estimate of drug-likeness (QED) is 0.154. The van der Waals surface area contributed by atoms with E-state index in [1.807, 2.05) is 0 Å². The first kappa shape index (κ1) is 46.7. The molecule has 9 aromatic carbocycles. The van der Waals surface area contributed by atoms with Gasteiger partial charge in [0.2, 0.25) is 0 Å². The molecule has 5 heteroatoms. The molecule has 0 atom stereocenters. The van der Waals surface area contributed by atoms with Crippen molar-refractivity contribution < 1.29 is 4.74 Å². The first-order valence-corrected chi connectivity index (χ1v) is 28.2. The predicted octanol–water partition coefficient (Wildman–Crippen LogP) is 13.4. The fraction of sp³-hybridized carbons (Fsp3) is 0.206. The van der Waals surface area contributed by atoms with Gasteiger partial charge in [-0.05, 0) is 149 Å². The van der Waals surface area contributed by atoms with Crippen LogP contribution in [-0.2, 0) is 16.2 Å². The maximum Gasteiger partial charge on any atom is 0.256 e. The molecule has 0 amide bonds. The Morgan fingerprint density at radius 1 is 0.452 bits per heavy atom. The summed E-state index contributed by atoms with van der Waals surface area (Å²) >= 11 is 0. The van der Waals surface area contributed by atoms with Gasteiger partial charge in [-0.1, -0.05) is 207 Å². The van der Waals surface area contributed by atoms with Crippen molar-refractivity contribution in [2.24, 2.45) is 0 Å². The molecule has 3 aliphatic heterocycles.